The Morgan fingerprint density at radius 1 is 0.909 bits per heavy atom. The first-order valence-corrected chi connectivity index (χ1v) is 5.96. The number of carbonyl (C=O) groups is 2. The highest BCUT2D eigenvalue weighted by Gasteiger charge is 2.52. The Kier molecular flexibility index (Phi) is 5.39. The molecule has 0 amide bonds. The van der Waals surface area contributed by atoms with E-state index >= 15 is 0 Å². The predicted molar refractivity (Wildman–Crippen MR) is 66.1 cm³/mol. The first kappa shape index (κ1) is 18.2. The van der Waals surface area contributed by atoms with E-state index in [4.69, 9.17) is 11.6 Å². The van der Waals surface area contributed by atoms with E-state index in [-0.39, 0.29) is 11.6 Å². The summed E-state index contributed by atoms with van der Waals surface area (Å²) in [7, 11) is 0. The van der Waals surface area contributed by atoms with Crippen LogP contribution in [0.3, 0.4) is 0 Å². The second-order valence-electron chi connectivity index (χ2n) is 4.11. The van der Waals surface area contributed by atoms with Gasteiger partial charge in [-0.15, -0.1) is 0 Å². The van der Waals surface area contributed by atoms with Crippen LogP contribution in [0.1, 0.15) is 5.56 Å². The Balaban J connectivity index is 3.13. The zero-order valence-corrected chi connectivity index (χ0v) is 11.3. The molecule has 0 saturated carbocycles. The topological polar surface area (TPSA) is 34.1 Å². The number of Topliss-reactive ketones (excluding diaryl/α,β-unsaturated/α-hetero) is 2. The van der Waals surface area contributed by atoms with E-state index in [0.29, 0.717) is 5.02 Å². The van der Waals surface area contributed by atoms with Gasteiger partial charge in [0.15, 0.2) is 0 Å². The smallest absolute Gasteiger partial charge is 0.288 e. The van der Waals surface area contributed by atoms with E-state index in [1.165, 1.54) is 24.3 Å². The summed E-state index contributed by atoms with van der Waals surface area (Å²) in [5.41, 5.74) is 0.180. The third kappa shape index (κ3) is 4.87. The molecule has 0 radical (unpaired) electrons. The fraction of sp³-hybridized carbons (Fsp3) is 0.231. The lowest BCUT2D eigenvalue weighted by atomic mass is 9.96. The van der Waals surface area contributed by atoms with Crippen molar-refractivity contribution in [3.05, 3.63) is 40.9 Å². The lowest BCUT2D eigenvalue weighted by molar-refractivity contribution is -0.187. The van der Waals surface area contributed by atoms with Crippen LogP contribution in [-0.4, -0.2) is 23.9 Å². The number of benzene rings is 1. The van der Waals surface area contributed by atoms with Gasteiger partial charge in [-0.1, -0.05) is 35.9 Å². The predicted octanol–water partition coefficient (Wildman–Crippen LogP) is 4.23. The Bertz CT molecular complexity index is 560. The SMILES string of the molecule is O=C(C(C=Cc1ccc(Cl)cc1)C(=O)C(F)(F)F)C(F)(F)F. The molecule has 1 rings (SSSR count). The van der Waals surface area contributed by atoms with Gasteiger partial charge in [0.1, 0.15) is 5.92 Å². The van der Waals surface area contributed by atoms with E-state index < -0.39 is 29.8 Å². The summed E-state index contributed by atoms with van der Waals surface area (Å²) in [5, 5.41) is 0.298. The first-order chi connectivity index (χ1) is 9.93. The van der Waals surface area contributed by atoms with Gasteiger partial charge in [-0.3, -0.25) is 9.59 Å². The molecule has 22 heavy (non-hydrogen) atoms. The number of carbonyl (C=O) groups excluding carboxylic acids is 2. The summed E-state index contributed by atoms with van der Waals surface area (Å²) in [6, 6.07) is 5.28. The fourth-order valence-corrected chi connectivity index (χ4v) is 1.55. The highest BCUT2D eigenvalue weighted by molar-refractivity contribution is 6.30. The summed E-state index contributed by atoms with van der Waals surface area (Å²) < 4.78 is 73.8. The van der Waals surface area contributed by atoms with Gasteiger partial charge in [-0.05, 0) is 17.7 Å². The summed E-state index contributed by atoms with van der Waals surface area (Å²) in [6.07, 6.45) is -10.0. The average Bonchev–Trinajstić information content (AvgIpc) is 2.38. The molecule has 0 aliphatic rings. The van der Waals surface area contributed by atoms with Crippen LogP contribution < -0.4 is 0 Å². The van der Waals surface area contributed by atoms with Crippen molar-refractivity contribution in [1.82, 2.24) is 0 Å². The van der Waals surface area contributed by atoms with Crippen molar-refractivity contribution < 1.29 is 35.9 Å². The van der Waals surface area contributed by atoms with Crippen LogP contribution in [0.4, 0.5) is 26.3 Å². The molecule has 0 fully saturated rings. The Morgan fingerprint density at radius 2 is 1.32 bits per heavy atom. The van der Waals surface area contributed by atoms with Crippen molar-refractivity contribution >= 4 is 29.2 Å². The van der Waals surface area contributed by atoms with Gasteiger partial charge >= 0.3 is 12.4 Å². The molecule has 1 aromatic rings. The largest absolute Gasteiger partial charge is 0.451 e. The van der Waals surface area contributed by atoms with E-state index in [1.807, 2.05) is 0 Å². The lowest BCUT2D eigenvalue weighted by Crippen LogP contribution is -2.40. The van der Waals surface area contributed by atoms with Crippen LogP contribution in [0.2, 0.25) is 5.02 Å². The summed E-state index contributed by atoms with van der Waals surface area (Å²) in [4.78, 5) is 22.0. The van der Waals surface area contributed by atoms with Gasteiger partial charge < -0.3 is 0 Å². The summed E-state index contributed by atoms with van der Waals surface area (Å²) >= 11 is 5.57. The molecule has 0 heterocycles. The number of halogens is 7. The highest BCUT2D eigenvalue weighted by Crippen LogP contribution is 2.29. The van der Waals surface area contributed by atoms with Gasteiger partial charge in [-0.2, -0.15) is 26.3 Å². The maximum absolute atomic E-state index is 12.3. The average molecular weight is 345 g/mol. The van der Waals surface area contributed by atoms with Crippen molar-refractivity contribution in [3.8, 4) is 0 Å². The third-order valence-electron chi connectivity index (χ3n) is 2.47. The van der Waals surface area contributed by atoms with Gasteiger partial charge in [-0.25, -0.2) is 0 Å². The van der Waals surface area contributed by atoms with Crippen LogP contribution in [0, 0.1) is 5.92 Å². The second-order valence-corrected chi connectivity index (χ2v) is 4.55. The van der Waals surface area contributed by atoms with Crippen molar-refractivity contribution in [2.75, 3.05) is 0 Å². The molecule has 0 aliphatic carbocycles. The number of hydrogen-bond acceptors (Lipinski definition) is 2. The lowest BCUT2D eigenvalue weighted by Gasteiger charge is -2.14. The zero-order chi connectivity index (χ0) is 17.1. The molecule has 0 aliphatic heterocycles. The van der Waals surface area contributed by atoms with Crippen molar-refractivity contribution in [2.45, 2.75) is 12.4 Å². The number of hydrogen-bond donors (Lipinski definition) is 0. The van der Waals surface area contributed by atoms with Gasteiger partial charge in [0.2, 0.25) is 0 Å². The number of ketones is 2. The molecule has 0 aromatic heterocycles. The first-order valence-electron chi connectivity index (χ1n) is 5.59. The van der Waals surface area contributed by atoms with Crippen molar-refractivity contribution in [2.24, 2.45) is 5.92 Å². The molecule has 9 heteroatoms. The Hall–Kier alpha value is -1.83. The summed E-state index contributed by atoms with van der Waals surface area (Å²) in [5.74, 6) is -8.53. The standard InChI is InChI=1S/C13H7ClF6O2/c14-8-4-1-7(2-5-8)3-6-9(10(21)12(15,16)17)11(22)13(18,19)20/h1-6,9H. The molecule has 1 aromatic carbocycles. The normalized spacial score (nSPS) is 12.9. The number of alkyl halides is 6. The highest BCUT2D eigenvalue weighted by atomic mass is 35.5. The molecule has 0 N–H and O–H groups in total. The van der Waals surface area contributed by atoms with Crippen LogP contribution in [-0.2, 0) is 9.59 Å². The second kappa shape index (κ2) is 6.51. The summed E-state index contributed by atoms with van der Waals surface area (Å²) in [6.45, 7) is 0. The maximum atomic E-state index is 12.3. The van der Waals surface area contributed by atoms with E-state index in [0.717, 1.165) is 6.08 Å². The van der Waals surface area contributed by atoms with Crippen molar-refractivity contribution in [3.63, 3.8) is 0 Å². The van der Waals surface area contributed by atoms with Gasteiger partial charge in [0.05, 0.1) is 0 Å². The molecule has 0 bridgehead atoms. The maximum Gasteiger partial charge on any atom is 0.451 e. The molecule has 0 saturated heterocycles. The van der Waals surface area contributed by atoms with E-state index in [1.54, 1.807) is 0 Å². The quantitative estimate of drug-likeness (QED) is 0.605. The Morgan fingerprint density at radius 3 is 1.68 bits per heavy atom. The van der Waals surface area contributed by atoms with Crippen LogP contribution in [0.25, 0.3) is 6.08 Å². The molecule has 0 unspecified atom stereocenters. The minimum Gasteiger partial charge on any atom is -0.288 e. The van der Waals surface area contributed by atoms with Gasteiger partial charge in [0.25, 0.3) is 11.6 Å². The monoisotopic (exact) mass is 344 g/mol. The zero-order valence-electron chi connectivity index (χ0n) is 10.5. The molecular formula is C13H7ClF6O2. The molecule has 2 nitrogen and oxygen atoms in total. The van der Waals surface area contributed by atoms with Crippen LogP contribution >= 0.6 is 11.6 Å². The van der Waals surface area contributed by atoms with E-state index in [9.17, 15) is 35.9 Å². The number of allylic oxidation sites excluding steroid dienone is 1. The van der Waals surface area contributed by atoms with Crippen LogP contribution in [0.15, 0.2) is 30.3 Å². The molecular weight excluding hydrogens is 338 g/mol. The van der Waals surface area contributed by atoms with Gasteiger partial charge in [0, 0.05) is 5.02 Å². The minimum atomic E-state index is -5.56. The Labute approximate surface area is 125 Å². The molecule has 0 spiro atoms. The van der Waals surface area contributed by atoms with E-state index in [2.05, 4.69) is 0 Å². The minimum absolute atomic E-state index is 0.180. The number of rotatable bonds is 4. The fourth-order valence-electron chi connectivity index (χ4n) is 1.43. The molecule has 0 atom stereocenters. The molecule has 120 valence electrons. The van der Waals surface area contributed by atoms with Crippen LogP contribution in [0.5, 0.6) is 0 Å². The third-order valence-corrected chi connectivity index (χ3v) is 2.73. The van der Waals surface area contributed by atoms with Crippen molar-refractivity contribution in [1.29, 1.82) is 0 Å².